The molecule has 1 aromatic heterocycles. The number of nitrogens with two attached hydrogens (primary N) is 2. The lowest BCUT2D eigenvalue weighted by atomic mass is 9.90. The standard InChI is InChI=1S/C19H18F4N4OS/c20-14-12(15(21)17(23)18(27-25)16(14)22)3-1-2-11(13-8-29-19(24)26-13)9-4-6-10(28)7-5-9/h4-8,11,27-28H,1-3,25H2,(H2,24,26). The second kappa shape index (κ2) is 8.66. The summed E-state index contributed by atoms with van der Waals surface area (Å²) in [5.41, 5.74) is 7.08. The monoisotopic (exact) mass is 426 g/mol. The van der Waals surface area contributed by atoms with Crippen LogP contribution >= 0.6 is 11.3 Å². The summed E-state index contributed by atoms with van der Waals surface area (Å²) in [5.74, 6) is -1.34. The Kier molecular flexibility index (Phi) is 6.23. The molecule has 2 aromatic carbocycles. The molecule has 3 rings (SSSR count). The average Bonchev–Trinajstić information content (AvgIpc) is 3.13. The van der Waals surface area contributed by atoms with Crippen LogP contribution in [0.4, 0.5) is 28.4 Å². The van der Waals surface area contributed by atoms with Gasteiger partial charge in [0, 0.05) is 16.9 Å². The molecule has 6 N–H and O–H groups in total. The highest BCUT2D eigenvalue weighted by Gasteiger charge is 2.25. The van der Waals surface area contributed by atoms with Crippen molar-refractivity contribution in [2.45, 2.75) is 25.2 Å². The molecule has 0 aliphatic rings. The third-order valence-electron chi connectivity index (χ3n) is 4.61. The van der Waals surface area contributed by atoms with Gasteiger partial charge in [0.2, 0.25) is 0 Å². The number of thiazole rings is 1. The van der Waals surface area contributed by atoms with Gasteiger partial charge >= 0.3 is 0 Å². The number of aromatic nitrogens is 1. The first-order chi connectivity index (χ1) is 13.8. The molecule has 10 heteroatoms. The largest absolute Gasteiger partial charge is 0.508 e. The van der Waals surface area contributed by atoms with Gasteiger partial charge in [0.05, 0.1) is 5.69 Å². The summed E-state index contributed by atoms with van der Waals surface area (Å²) in [4.78, 5) is 4.26. The molecular formula is C19H18F4N4OS. The molecule has 0 fully saturated rings. The van der Waals surface area contributed by atoms with Crippen molar-refractivity contribution in [1.82, 2.24) is 4.98 Å². The zero-order chi connectivity index (χ0) is 21.1. The van der Waals surface area contributed by atoms with E-state index in [1.807, 2.05) is 0 Å². The Morgan fingerprint density at radius 3 is 2.17 bits per heavy atom. The average molecular weight is 426 g/mol. The minimum Gasteiger partial charge on any atom is -0.508 e. The van der Waals surface area contributed by atoms with Crippen molar-refractivity contribution in [3.05, 3.63) is 69.7 Å². The number of nitrogens with zero attached hydrogens (tertiary/aromatic N) is 1. The molecular weight excluding hydrogens is 408 g/mol. The van der Waals surface area contributed by atoms with Crippen molar-refractivity contribution < 1.29 is 22.7 Å². The van der Waals surface area contributed by atoms with Crippen LogP contribution in [0.15, 0.2) is 29.6 Å². The van der Waals surface area contributed by atoms with Crippen molar-refractivity contribution in [2.24, 2.45) is 5.84 Å². The summed E-state index contributed by atoms with van der Waals surface area (Å²) in [6.45, 7) is 0. The number of hydrogen-bond donors (Lipinski definition) is 4. The summed E-state index contributed by atoms with van der Waals surface area (Å²) < 4.78 is 56.1. The van der Waals surface area contributed by atoms with E-state index in [2.05, 4.69) is 4.98 Å². The Morgan fingerprint density at radius 1 is 1.03 bits per heavy atom. The maximum Gasteiger partial charge on any atom is 0.186 e. The number of nitrogens with one attached hydrogen (secondary N) is 1. The second-order valence-electron chi connectivity index (χ2n) is 6.40. The predicted molar refractivity (Wildman–Crippen MR) is 103 cm³/mol. The lowest BCUT2D eigenvalue weighted by Gasteiger charge is -2.16. The first-order valence-electron chi connectivity index (χ1n) is 8.64. The van der Waals surface area contributed by atoms with Crippen LogP contribution in [0.5, 0.6) is 5.75 Å². The molecule has 1 unspecified atom stereocenters. The van der Waals surface area contributed by atoms with Crippen LogP contribution in [-0.2, 0) is 6.42 Å². The molecule has 0 bridgehead atoms. The van der Waals surface area contributed by atoms with Crippen molar-refractivity contribution >= 4 is 22.2 Å². The van der Waals surface area contributed by atoms with Crippen LogP contribution < -0.4 is 17.0 Å². The molecule has 0 spiro atoms. The Labute approximate surface area is 168 Å². The molecule has 0 saturated carbocycles. The fraction of sp³-hybridized carbons (Fsp3) is 0.211. The fourth-order valence-electron chi connectivity index (χ4n) is 3.16. The van der Waals surface area contributed by atoms with Crippen LogP contribution in [0, 0.1) is 23.3 Å². The summed E-state index contributed by atoms with van der Waals surface area (Å²) in [6, 6.07) is 6.44. The van der Waals surface area contributed by atoms with Gasteiger partial charge in [-0.1, -0.05) is 12.1 Å². The van der Waals surface area contributed by atoms with E-state index in [0.29, 0.717) is 17.2 Å². The van der Waals surface area contributed by atoms with E-state index in [0.717, 1.165) is 5.56 Å². The summed E-state index contributed by atoms with van der Waals surface area (Å²) >= 11 is 1.25. The first-order valence-corrected chi connectivity index (χ1v) is 9.52. The third-order valence-corrected chi connectivity index (χ3v) is 5.30. The van der Waals surface area contributed by atoms with E-state index >= 15 is 0 Å². The SMILES string of the molecule is NNc1c(F)c(F)c(CCCC(c2ccc(O)cc2)c2csc(N)n2)c(F)c1F. The van der Waals surface area contributed by atoms with Gasteiger partial charge in [-0.15, -0.1) is 11.3 Å². The Morgan fingerprint density at radius 2 is 1.66 bits per heavy atom. The van der Waals surface area contributed by atoms with Crippen LogP contribution in [0.3, 0.4) is 0 Å². The van der Waals surface area contributed by atoms with Crippen LogP contribution in [-0.4, -0.2) is 10.1 Å². The molecule has 0 aliphatic heterocycles. The number of hydrogen-bond acceptors (Lipinski definition) is 6. The van der Waals surface area contributed by atoms with Crippen LogP contribution in [0.25, 0.3) is 0 Å². The van der Waals surface area contributed by atoms with Crippen LogP contribution in [0.1, 0.15) is 35.6 Å². The zero-order valence-electron chi connectivity index (χ0n) is 15.1. The summed E-state index contributed by atoms with van der Waals surface area (Å²) in [5, 5.41) is 11.6. The van der Waals surface area contributed by atoms with E-state index in [9.17, 15) is 22.7 Å². The predicted octanol–water partition coefficient (Wildman–Crippen LogP) is 4.43. The van der Waals surface area contributed by atoms with E-state index in [4.69, 9.17) is 11.6 Å². The Bertz CT molecular complexity index is 981. The molecule has 0 amide bonds. The van der Waals surface area contributed by atoms with Gasteiger partial charge in [-0.25, -0.2) is 22.5 Å². The van der Waals surface area contributed by atoms with Gasteiger partial charge in [0.1, 0.15) is 11.4 Å². The van der Waals surface area contributed by atoms with E-state index < -0.39 is 34.5 Å². The molecule has 0 radical (unpaired) electrons. The quantitative estimate of drug-likeness (QED) is 0.194. The molecule has 3 aromatic rings. The topological polar surface area (TPSA) is 97.2 Å². The van der Waals surface area contributed by atoms with Crippen molar-refractivity contribution in [3.8, 4) is 5.75 Å². The maximum absolute atomic E-state index is 14.2. The summed E-state index contributed by atoms with van der Waals surface area (Å²) in [6.07, 6.45) is 0.364. The lowest BCUT2D eigenvalue weighted by Crippen LogP contribution is -2.15. The molecule has 0 saturated heterocycles. The number of phenolic OH excluding ortho intramolecular Hbond substituents is 1. The lowest BCUT2D eigenvalue weighted by molar-refractivity contribution is 0.439. The number of halogens is 4. The van der Waals surface area contributed by atoms with Gasteiger partial charge in [-0.3, -0.25) is 5.84 Å². The number of rotatable bonds is 7. The number of hydrazine groups is 1. The number of aromatic hydroxyl groups is 1. The highest BCUT2D eigenvalue weighted by Crippen LogP contribution is 2.34. The van der Waals surface area contributed by atoms with Crippen molar-refractivity contribution in [2.75, 3.05) is 11.2 Å². The van der Waals surface area contributed by atoms with Gasteiger partial charge in [0.25, 0.3) is 0 Å². The fourth-order valence-corrected chi connectivity index (χ4v) is 3.78. The van der Waals surface area contributed by atoms with Crippen LogP contribution in [0.2, 0.25) is 0 Å². The summed E-state index contributed by atoms with van der Waals surface area (Å²) in [7, 11) is 0. The number of nitrogen functional groups attached to an aromatic ring is 2. The second-order valence-corrected chi connectivity index (χ2v) is 7.29. The molecule has 154 valence electrons. The normalized spacial score (nSPS) is 12.2. The minimum atomic E-state index is -1.57. The van der Waals surface area contributed by atoms with Gasteiger partial charge in [0.15, 0.2) is 28.4 Å². The van der Waals surface area contributed by atoms with Crippen molar-refractivity contribution in [1.29, 1.82) is 0 Å². The highest BCUT2D eigenvalue weighted by atomic mass is 32.1. The van der Waals surface area contributed by atoms with Gasteiger partial charge in [-0.2, -0.15) is 0 Å². The van der Waals surface area contributed by atoms with Gasteiger partial charge in [-0.05, 0) is 37.0 Å². The first kappa shape index (κ1) is 20.9. The van der Waals surface area contributed by atoms with E-state index in [-0.39, 0.29) is 24.5 Å². The van der Waals surface area contributed by atoms with Gasteiger partial charge < -0.3 is 16.3 Å². The highest BCUT2D eigenvalue weighted by molar-refractivity contribution is 7.13. The van der Waals surface area contributed by atoms with E-state index in [1.54, 1.807) is 22.9 Å². The zero-order valence-corrected chi connectivity index (χ0v) is 15.9. The minimum absolute atomic E-state index is 0.0917. The third kappa shape index (κ3) is 4.28. The molecule has 1 atom stereocenters. The molecule has 0 aliphatic carbocycles. The Hall–Kier alpha value is -2.85. The number of anilines is 2. The van der Waals surface area contributed by atoms with E-state index in [1.165, 1.54) is 23.5 Å². The smallest absolute Gasteiger partial charge is 0.186 e. The Balaban J connectivity index is 1.83. The number of benzene rings is 2. The maximum atomic E-state index is 14.2. The molecule has 5 nitrogen and oxygen atoms in total. The molecule has 29 heavy (non-hydrogen) atoms. The molecule has 1 heterocycles. The van der Waals surface area contributed by atoms with Crippen molar-refractivity contribution in [3.63, 3.8) is 0 Å². The number of phenols is 1.